The van der Waals surface area contributed by atoms with Crippen LogP contribution in [0.15, 0.2) is 41.3 Å². The third-order valence-corrected chi connectivity index (χ3v) is 4.49. The summed E-state index contributed by atoms with van der Waals surface area (Å²) in [4.78, 5) is 24.1. The van der Waals surface area contributed by atoms with Crippen LogP contribution in [0.1, 0.15) is 17.3 Å². The Balaban J connectivity index is 2.21. The Morgan fingerprint density at radius 1 is 1.14 bits per heavy atom. The first kappa shape index (κ1) is 21.3. The molecular weight excluding hydrogens is 398 g/mol. The number of rotatable bonds is 6. The van der Waals surface area contributed by atoms with Crippen molar-refractivity contribution >= 4 is 27.6 Å². The zero-order valence-corrected chi connectivity index (χ0v) is 15.5. The predicted molar refractivity (Wildman–Crippen MR) is 94.2 cm³/mol. The van der Waals surface area contributed by atoms with E-state index in [1.807, 2.05) is 5.32 Å². The van der Waals surface area contributed by atoms with Gasteiger partial charge in [0, 0.05) is 0 Å². The van der Waals surface area contributed by atoms with E-state index in [4.69, 9.17) is 14.6 Å². The van der Waals surface area contributed by atoms with Gasteiger partial charge in [0.1, 0.15) is 28.6 Å². The second-order valence-corrected chi connectivity index (χ2v) is 7.10. The number of carbonyl (C=O) groups excluding carboxylic acids is 2. The number of benzene rings is 2. The van der Waals surface area contributed by atoms with Gasteiger partial charge in [-0.3, -0.25) is 4.79 Å². The Labute approximate surface area is 159 Å². The molecule has 0 saturated carbocycles. The second kappa shape index (κ2) is 8.31. The highest BCUT2D eigenvalue weighted by atomic mass is 32.2. The third-order valence-electron chi connectivity index (χ3n) is 3.58. The van der Waals surface area contributed by atoms with Crippen LogP contribution in [0, 0.1) is 11.6 Å². The van der Waals surface area contributed by atoms with Gasteiger partial charge in [0.25, 0.3) is 5.91 Å². The van der Waals surface area contributed by atoms with E-state index < -0.39 is 45.3 Å². The maximum atomic E-state index is 13.6. The van der Waals surface area contributed by atoms with E-state index in [1.165, 1.54) is 20.1 Å². The van der Waals surface area contributed by atoms with Gasteiger partial charge in [-0.05, 0) is 37.3 Å². The summed E-state index contributed by atoms with van der Waals surface area (Å²) in [7, 11) is -2.87. The van der Waals surface area contributed by atoms with Crippen molar-refractivity contribution in [3.05, 3.63) is 53.6 Å². The number of carbonyl (C=O) groups is 2. The Bertz CT molecular complexity index is 1010. The van der Waals surface area contributed by atoms with Crippen LogP contribution < -0.4 is 15.2 Å². The zero-order chi connectivity index (χ0) is 21.1. The molecule has 0 aliphatic rings. The Morgan fingerprint density at radius 2 is 1.75 bits per heavy atom. The Morgan fingerprint density at radius 3 is 2.29 bits per heavy atom. The zero-order valence-electron chi connectivity index (χ0n) is 14.7. The number of sulfonamides is 1. The van der Waals surface area contributed by atoms with Gasteiger partial charge < -0.3 is 14.8 Å². The molecule has 28 heavy (non-hydrogen) atoms. The van der Waals surface area contributed by atoms with Crippen LogP contribution in [0.4, 0.5) is 14.5 Å². The number of esters is 1. The fourth-order valence-electron chi connectivity index (χ4n) is 2.14. The normalized spacial score (nSPS) is 12.2. The molecule has 150 valence electrons. The van der Waals surface area contributed by atoms with Crippen LogP contribution in [0.5, 0.6) is 5.75 Å². The average Bonchev–Trinajstić information content (AvgIpc) is 2.63. The van der Waals surface area contributed by atoms with Gasteiger partial charge in [-0.2, -0.15) is 0 Å². The van der Waals surface area contributed by atoms with Crippen LogP contribution in [-0.4, -0.2) is 33.5 Å². The third kappa shape index (κ3) is 4.81. The van der Waals surface area contributed by atoms with E-state index in [1.54, 1.807) is 0 Å². The highest BCUT2D eigenvalue weighted by Gasteiger charge is 2.24. The lowest BCUT2D eigenvalue weighted by Crippen LogP contribution is -2.30. The molecule has 2 rings (SSSR count). The minimum absolute atomic E-state index is 0.0230. The van der Waals surface area contributed by atoms with Gasteiger partial charge in [-0.15, -0.1) is 0 Å². The van der Waals surface area contributed by atoms with Gasteiger partial charge in [0.15, 0.2) is 6.10 Å². The summed E-state index contributed by atoms with van der Waals surface area (Å²) in [5, 5.41) is 7.01. The molecule has 0 aliphatic heterocycles. The highest BCUT2D eigenvalue weighted by molar-refractivity contribution is 7.89. The van der Waals surface area contributed by atoms with Crippen LogP contribution in [0.25, 0.3) is 0 Å². The number of methoxy groups -OCH3 is 1. The minimum Gasteiger partial charge on any atom is -0.496 e. The number of para-hydroxylation sites is 1. The number of hydrogen-bond acceptors (Lipinski definition) is 6. The molecule has 1 amide bonds. The number of primary sulfonamides is 1. The molecule has 0 fully saturated rings. The molecule has 0 aliphatic carbocycles. The second-order valence-electron chi connectivity index (χ2n) is 5.54. The fourth-order valence-corrected chi connectivity index (χ4v) is 2.68. The molecule has 8 nitrogen and oxygen atoms in total. The van der Waals surface area contributed by atoms with Gasteiger partial charge in [-0.1, -0.05) is 6.07 Å². The highest BCUT2D eigenvalue weighted by Crippen LogP contribution is 2.24. The number of anilines is 1. The van der Waals surface area contributed by atoms with E-state index in [2.05, 4.69) is 0 Å². The van der Waals surface area contributed by atoms with Gasteiger partial charge in [0.05, 0.1) is 12.0 Å². The smallest absolute Gasteiger partial charge is 0.342 e. The SMILES string of the molecule is COc1ccc(S(N)(=O)=O)cc1C(=O)O[C@H](C)C(=O)Nc1c(F)cccc1F. The predicted octanol–water partition coefficient (Wildman–Crippen LogP) is 1.80. The van der Waals surface area contributed by atoms with Crippen LogP contribution >= 0.6 is 0 Å². The molecule has 0 unspecified atom stereocenters. The summed E-state index contributed by atoms with van der Waals surface area (Å²) < 4.78 is 60.0. The van der Waals surface area contributed by atoms with Crippen LogP contribution in [0.2, 0.25) is 0 Å². The molecule has 0 saturated heterocycles. The molecule has 0 heterocycles. The molecule has 0 aromatic heterocycles. The molecule has 0 radical (unpaired) electrons. The van der Waals surface area contributed by atoms with Gasteiger partial charge >= 0.3 is 5.97 Å². The molecule has 2 aromatic carbocycles. The number of nitrogens with one attached hydrogen (secondary N) is 1. The number of halogens is 2. The number of nitrogens with two attached hydrogens (primary N) is 1. The molecule has 3 N–H and O–H groups in total. The first-order chi connectivity index (χ1) is 13.0. The molecule has 0 spiro atoms. The maximum absolute atomic E-state index is 13.6. The minimum atomic E-state index is -4.10. The van der Waals surface area contributed by atoms with Crippen molar-refractivity contribution in [2.45, 2.75) is 17.9 Å². The summed E-state index contributed by atoms with van der Waals surface area (Å²) in [6.07, 6.45) is -1.46. The van der Waals surface area contributed by atoms with Crippen molar-refractivity contribution in [3.8, 4) is 5.75 Å². The standard InChI is InChI=1S/C17H16F2N2O6S/c1-9(16(22)21-15-12(18)4-3-5-13(15)19)27-17(23)11-8-10(28(20,24)25)6-7-14(11)26-2/h3-9H,1-2H3,(H,21,22)(H2,20,24,25)/t9-/m1/s1. The maximum Gasteiger partial charge on any atom is 0.342 e. The Kier molecular flexibility index (Phi) is 6.31. The fraction of sp³-hybridized carbons (Fsp3) is 0.176. The lowest BCUT2D eigenvalue weighted by atomic mass is 10.2. The lowest BCUT2D eigenvalue weighted by Gasteiger charge is -2.15. The molecular formula is C17H16F2N2O6S. The molecule has 2 aromatic rings. The van der Waals surface area contributed by atoms with Crippen molar-refractivity contribution in [3.63, 3.8) is 0 Å². The first-order valence-corrected chi connectivity index (χ1v) is 9.26. The Hall–Kier alpha value is -3.05. The molecule has 11 heteroatoms. The molecule has 0 bridgehead atoms. The number of amides is 1. The van der Waals surface area contributed by atoms with E-state index in [-0.39, 0.29) is 16.2 Å². The first-order valence-electron chi connectivity index (χ1n) is 7.71. The number of ether oxygens (including phenoxy) is 2. The van der Waals surface area contributed by atoms with Crippen molar-refractivity contribution < 1.29 is 36.3 Å². The summed E-state index contributed by atoms with van der Waals surface area (Å²) in [5.41, 5.74) is -0.991. The number of hydrogen-bond donors (Lipinski definition) is 2. The monoisotopic (exact) mass is 414 g/mol. The largest absolute Gasteiger partial charge is 0.496 e. The van der Waals surface area contributed by atoms with Gasteiger partial charge in [-0.25, -0.2) is 27.1 Å². The van der Waals surface area contributed by atoms with E-state index in [0.717, 1.165) is 30.3 Å². The van der Waals surface area contributed by atoms with E-state index in [9.17, 15) is 26.8 Å². The summed E-state index contributed by atoms with van der Waals surface area (Å²) in [6.45, 7) is 1.17. The van der Waals surface area contributed by atoms with Crippen molar-refractivity contribution in [2.75, 3.05) is 12.4 Å². The summed E-state index contributed by atoms with van der Waals surface area (Å²) >= 11 is 0. The van der Waals surface area contributed by atoms with Gasteiger partial charge in [0.2, 0.25) is 10.0 Å². The van der Waals surface area contributed by atoms with E-state index >= 15 is 0 Å². The van der Waals surface area contributed by atoms with Crippen LogP contribution in [-0.2, 0) is 19.6 Å². The lowest BCUT2D eigenvalue weighted by molar-refractivity contribution is -0.123. The summed E-state index contributed by atoms with van der Waals surface area (Å²) in [6, 6.07) is 6.25. The van der Waals surface area contributed by atoms with Crippen molar-refractivity contribution in [2.24, 2.45) is 5.14 Å². The van der Waals surface area contributed by atoms with Crippen molar-refractivity contribution in [1.82, 2.24) is 0 Å². The average molecular weight is 414 g/mol. The van der Waals surface area contributed by atoms with Crippen molar-refractivity contribution in [1.29, 1.82) is 0 Å². The van der Waals surface area contributed by atoms with Crippen LogP contribution in [0.3, 0.4) is 0 Å². The summed E-state index contributed by atoms with van der Waals surface area (Å²) in [5.74, 6) is -4.13. The van der Waals surface area contributed by atoms with E-state index in [0.29, 0.717) is 0 Å². The quantitative estimate of drug-likeness (QED) is 0.695. The topological polar surface area (TPSA) is 125 Å². The molecule has 1 atom stereocenters.